The van der Waals surface area contributed by atoms with Gasteiger partial charge in [-0.15, -0.1) is 0 Å². The second-order valence-electron chi connectivity index (χ2n) is 6.03. The van der Waals surface area contributed by atoms with Gasteiger partial charge in [0.25, 0.3) is 5.78 Å². The van der Waals surface area contributed by atoms with Crippen LogP contribution in [0.2, 0.25) is 0 Å². The fourth-order valence-electron chi connectivity index (χ4n) is 2.89. The molecular weight excluding hydrogens is 326 g/mol. The normalized spacial score (nSPS) is 15.7. The molecule has 0 atom stereocenters. The van der Waals surface area contributed by atoms with Crippen LogP contribution in [0.15, 0.2) is 21.4 Å². The van der Waals surface area contributed by atoms with Crippen molar-refractivity contribution in [3.63, 3.8) is 0 Å². The van der Waals surface area contributed by atoms with E-state index < -0.39 is 23.1 Å². The topological polar surface area (TPSA) is 106 Å². The number of aliphatic hydroxyl groups is 1. The van der Waals surface area contributed by atoms with Crippen LogP contribution in [0.1, 0.15) is 50.4 Å². The van der Waals surface area contributed by atoms with E-state index in [1.165, 1.54) is 6.42 Å². The Kier molecular flexibility index (Phi) is 6.38. The molecule has 1 aliphatic carbocycles. The van der Waals surface area contributed by atoms with Gasteiger partial charge in [-0.05, 0) is 26.7 Å². The molecule has 0 unspecified atom stereocenters. The van der Waals surface area contributed by atoms with Crippen molar-refractivity contribution in [1.82, 2.24) is 0 Å². The maximum Gasteiger partial charge on any atom is 0.379 e. The molecule has 0 aromatic carbocycles. The van der Waals surface area contributed by atoms with Crippen molar-refractivity contribution in [2.75, 3.05) is 11.9 Å². The average molecular weight is 349 g/mol. The predicted octanol–water partition coefficient (Wildman–Crippen LogP) is 2.72. The molecule has 0 radical (unpaired) electrons. The Bertz CT molecular complexity index is 728. The summed E-state index contributed by atoms with van der Waals surface area (Å²) in [6.07, 6.45) is 5.98. The van der Waals surface area contributed by atoms with Crippen molar-refractivity contribution in [2.45, 2.75) is 52.0 Å². The molecule has 7 heteroatoms. The van der Waals surface area contributed by atoms with Crippen LogP contribution in [0.25, 0.3) is 5.76 Å². The van der Waals surface area contributed by atoms with Gasteiger partial charge in [-0.3, -0.25) is 4.79 Å². The zero-order chi connectivity index (χ0) is 18.4. The maximum absolute atomic E-state index is 12.2. The van der Waals surface area contributed by atoms with E-state index in [4.69, 9.17) is 4.42 Å². The van der Waals surface area contributed by atoms with Gasteiger partial charge in [-0.25, -0.2) is 9.59 Å². The number of anilines is 1. The fraction of sp³-hybridized carbons (Fsp3) is 0.500. The van der Waals surface area contributed by atoms with Crippen LogP contribution < -0.4 is 10.9 Å². The highest BCUT2D eigenvalue weighted by Gasteiger charge is 2.21. The second kappa shape index (κ2) is 8.50. The number of hydrogen-bond acceptors (Lipinski definition) is 7. The quantitative estimate of drug-likeness (QED) is 0.352. The molecule has 1 fully saturated rings. The minimum atomic E-state index is -1.09. The largest absolute Gasteiger partial charge is 0.507 e. The number of hydrogen-bond donors (Lipinski definition) is 2. The fourth-order valence-corrected chi connectivity index (χ4v) is 2.89. The van der Waals surface area contributed by atoms with Gasteiger partial charge in [0.05, 0.1) is 12.3 Å². The summed E-state index contributed by atoms with van der Waals surface area (Å²) in [5.41, 5.74) is -0.538. The van der Waals surface area contributed by atoms with Crippen LogP contribution in [0, 0.1) is 6.92 Å². The second-order valence-corrected chi connectivity index (χ2v) is 6.03. The first-order valence-corrected chi connectivity index (χ1v) is 8.45. The number of aliphatic hydroxyl groups excluding tert-OH is 1. The lowest BCUT2D eigenvalue weighted by Crippen LogP contribution is -2.25. The van der Waals surface area contributed by atoms with E-state index in [1.54, 1.807) is 19.9 Å². The van der Waals surface area contributed by atoms with Gasteiger partial charge in [0.1, 0.15) is 17.1 Å². The smallest absolute Gasteiger partial charge is 0.379 e. The Balaban J connectivity index is 2.33. The van der Waals surface area contributed by atoms with Crippen LogP contribution >= 0.6 is 0 Å². The van der Waals surface area contributed by atoms with Crippen LogP contribution in [-0.2, 0) is 14.3 Å². The average Bonchev–Trinajstić information content (AvgIpc) is 2.55. The number of esters is 1. The number of aryl methyl sites for hydroxylation is 1. The molecule has 25 heavy (non-hydrogen) atoms. The van der Waals surface area contributed by atoms with E-state index in [0.717, 1.165) is 25.7 Å². The molecule has 2 N–H and O–H groups in total. The number of ketones is 1. The summed E-state index contributed by atoms with van der Waals surface area (Å²) in [4.78, 5) is 35.3. The number of ether oxygens (including phenoxy) is 1. The van der Waals surface area contributed by atoms with Gasteiger partial charge in [0.2, 0.25) is 0 Å². The molecule has 1 saturated carbocycles. The highest BCUT2D eigenvalue weighted by atomic mass is 16.5. The van der Waals surface area contributed by atoms with Crippen LogP contribution in [0.3, 0.4) is 0 Å². The molecule has 0 amide bonds. The highest BCUT2D eigenvalue weighted by molar-refractivity contribution is 6.39. The lowest BCUT2D eigenvalue weighted by atomic mass is 9.95. The summed E-state index contributed by atoms with van der Waals surface area (Å²) in [6, 6.07) is 1.78. The Morgan fingerprint density at radius 3 is 2.68 bits per heavy atom. The Morgan fingerprint density at radius 1 is 1.36 bits per heavy atom. The SMILES string of the molecule is CCOC(=O)C(=O)/C=C(\O)c1c(NC2CCCCC2)cc(C)oc1=O. The molecular formula is C18H23NO6. The van der Waals surface area contributed by atoms with E-state index in [2.05, 4.69) is 10.1 Å². The van der Waals surface area contributed by atoms with Gasteiger partial charge < -0.3 is 19.6 Å². The van der Waals surface area contributed by atoms with Crippen LogP contribution in [0.5, 0.6) is 0 Å². The summed E-state index contributed by atoms with van der Waals surface area (Å²) in [5, 5.41) is 13.5. The first-order valence-electron chi connectivity index (χ1n) is 8.45. The van der Waals surface area contributed by atoms with E-state index in [-0.39, 0.29) is 18.2 Å². The molecule has 1 heterocycles. The monoisotopic (exact) mass is 349 g/mol. The number of carbonyl (C=O) groups excluding carboxylic acids is 2. The summed E-state index contributed by atoms with van der Waals surface area (Å²) in [6.45, 7) is 3.23. The molecule has 7 nitrogen and oxygen atoms in total. The van der Waals surface area contributed by atoms with Crippen molar-refractivity contribution in [3.8, 4) is 0 Å². The molecule has 1 aromatic heterocycles. The molecule has 0 spiro atoms. The predicted molar refractivity (Wildman–Crippen MR) is 92.5 cm³/mol. The Labute approximate surface area is 145 Å². The van der Waals surface area contributed by atoms with E-state index in [1.807, 2.05) is 0 Å². The molecule has 2 rings (SSSR count). The first kappa shape index (κ1) is 18.8. The standard InChI is InChI=1S/C18H23NO6/c1-3-24-17(22)15(21)10-14(20)16-13(9-11(2)25-18(16)23)19-12-7-5-4-6-8-12/h9-10,12,19-20H,3-8H2,1-2H3/b14-10-. The van der Waals surface area contributed by atoms with Gasteiger partial charge in [0, 0.05) is 18.2 Å². The van der Waals surface area contributed by atoms with Gasteiger partial charge in [0.15, 0.2) is 0 Å². The van der Waals surface area contributed by atoms with Crippen LogP contribution in [0.4, 0.5) is 5.69 Å². The van der Waals surface area contributed by atoms with Crippen molar-refractivity contribution in [1.29, 1.82) is 0 Å². The van der Waals surface area contributed by atoms with Crippen LogP contribution in [-0.4, -0.2) is 29.5 Å². The van der Waals surface area contributed by atoms with Crippen molar-refractivity contribution in [3.05, 3.63) is 33.9 Å². The molecule has 1 aromatic rings. The molecule has 1 aliphatic rings. The zero-order valence-corrected chi connectivity index (χ0v) is 14.5. The maximum atomic E-state index is 12.2. The lowest BCUT2D eigenvalue weighted by molar-refractivity contribution is -0.151. The summed E-state index contributed by atoms with van der Waals surface area (Å²) >= 11 is 0. The molecule has 0 aliphatic heterocycles. The van der Waals surface area contributed by atoms with Gasteiger partial charge >= 0.3 is 11.6 Å². The van der Waals surface area contributed by atoms with E-state index >= 15 is 0 Å². The Hall–Kier alpha value is -2.57. The number of carbonyl (C=O) groups is 2. The van der Waals surface area contributed by atoms with Crippen molar-refractivity contribution in [2.24, 2.45) is 0 Å². The van der Waals surface area contributed by atoms with Gasteiger partial charge in [-0.2, -0.15) is 0 Å². The number of rotatable bonds is 6. The summed E-state index contributed by atoms with van der Waals surface area (Å²) in [5.74, 6) is -2.36. The third kappa shape index (κ3) is 4.95. The van der Waals surface area contributed by atoms with E-state index in [9.17, 15) is 19.5 Å². The number of nitrogens with one attached hydrogen (secondary N) is 1. The Morgan fingerprint density at radius 2 is 2.04 bits per heavy atom. The zero-order valence-electron chi connectivity index (χ0n) is 14.5. The first-order chi connectivity index (χ1) is 11.9. The van der Waals surface area contributed by atoms with Crippen molar-refractivity contribution < 1.29 is 23.8 Å². The summed E-state index contributed by atoms with van der Waals surface area (Å²) < 4.78 is 9.61. The van der Waals surface area contributed by atoms with Crippen molar-refractivity contribution >= 4 is 23.2 Å². The third-order valence-corrected chi connectivity index (χ3v) is 4.04. The van der Waals surface area contributed by atoms with Gasteiger partial charge in [-0.1, -0.05) is 19.3 Å². The third-order valence-electron chi connectivity index (χ3n) is 4.04. The molecule has 136 valence electrons. The molecule has 0 saturated heterocycles. The minimum Gasteiger partial charge on any atom is -0.507 e. The highest BCUT2D eigenvalue weighted by Crippen LogP contribution is 2.26. The van der Waals surface area contributed by atoms with E-state index in [0.29, 0.717) is 17.5 Å². The minimum absolute atomic E-state index is 0.0420. The molecule has 0 bridgehead atoms. The lowest BCUT2D eigenvalue weighted by Gasteiger charge is -2.24. The summed E-state index contributed by atoms with van der Waals surface area (Å²) in [7, 11) is 0.